The molecule has 4 aromatic rings. The molecular weight excluding hydrogens is 382 g/mol. The number of carbonyl (C=O) groups excluding carboxylic acids is 1. The van der Waals surface area contributed by atoms with Crippen LogP contribution in [0.4, 0.5) is 5.13 Å². The molecule has 2 aromatic heterocycles. The van der Waals surface area contributed by atoms with E-state index in [1.165, 1.54) is 17.4 Å². The standard InChI is InChI=1S/C23H15N3O2S/c24-14-18(13-19-11-12-21(28-19)17-9-5-2-6-10-17)22(27)26-23-25-20(15-29-23)16-7-3-1-4-8-16/h1-13,15H,(H,25,26,27)/b18-13-. The molecule has 0 aliphatic carbocycles. The number of nitrogens with zero attached hydrogens (tertiary/aromatic N) is 2. The highest BCUT2D eigenvalue weighted by molar-refractivity contribution is 7.14. The Balaban J connectivity index is 1.50. The monoisotopic (exact) mass is 397 g/mol. The summed E-state index contributed by atoms with van der Waals surface area (Å²) in [7, 11) is 0. The average Bonchev–Trinajstić information content (AvgIpc) is 3.43. The maximum absolute atomic E-state index is 12.5. The highest BCUT2D eigenvalue weighted by atomic mass is 32.1. The molecule has 0 saturated heterocycles. The summed E-state index contributed by atoms with van der Waals surface area (Å²) in [5.74, 6) is 0.570. The number of thiazole rings is 1. The Morgan fingerprint density at radius 3 is 2.38 bits per heavy atom. The Labute approximate surface area is 171 Å². The minimum Gasteiger partial charge on any atom is -0.457 e. The fraction of sp³-hybridized carbons (Fsp3) is 0. The van der Waals surface area contributed by atoms with E-state index in [0.29, 0.717) is 16.7 Å². The van der Waals surface area contributed by atoms with Gasteiger partial charge < -0.3 is 4.42 Å². The van der Waals surface area contributed by atoms with Gasteiger partial charge in [-0.15, -0.1) is 11.3 Å². The van der Waals surface area contributed by atoms with Crippen molar-refractivity contribution >= 4 is 28.5 Å². The molecule has 0 radical (unpaired) electrons. The van der Waals surface area contributed by atoms with E-state index in [9.17, 15) is 10.1 Å². The number of nitrogens with one attached hydrogen (secondary N) is 1. The first-order chi connectivity index (χ1) is 14.2. The number of amides is 1. The molecule has 1 amide bonds. The zero-order valence-electron chi connectivity index (χ0n) is 15.2. The van der Waals surface area contributed by atoms with Gasteiger partial charge >= 0.3 is 0 Å². The molecule has 0 unspecified atom stereocenters. The number of hydrogen-bond acceptors (Lipinski definition) is 5. The second kappa shape index (κ2) is 8.38. The fourth-order valence-corrected chi connectivity index (χ4v) is 3.43. The Kier molecular flexibility index (Phi) is 5.32. The predicted octanol–water partition coefficient (Wildman–Crippen LogP) is 5.62. The molecule has 6 heteroatoms. The molecule has 5 nitrogen and oxygen atoms in total. The molecule has 0 fully saturated rings. The van der Waals surface area contributed by atoms with E-state index in [0.717, 1.165) is 16.8 Å². The molecular formula is C23H15N3O2S. The Morgan fingerprint density at radius 1 is 1.00 bits per heavy atom. The van der Waals surface area contributed by atoms with Gasteiger partial charge in [0.1, 0.15) is 23.2 Å². The molecule has 2 aromatic carbocycles. The van der Waals surface area contributed by atoms with Crippen LogP contribution in [0.5, 0.6) is 0 Å². The number of rotatable bonds is 5. The van der Waals surface area contributed by atoms with Crippen molar-refractivity contribution in [2.24, 2.45) is 0 Å². The summed E-state index contributed by atoms with van der Waals surface area (Å²) in [6.45, 7) is 0. The van der Waals surface area contributed by atoms with Gasteiger partial charge in [-0.05, 0) is 12.1 Å². The summed E-state index contributed by atoms with van der Waals surface area (Å²) in [5, 5.41) is 14.4. The summed E-state index contributed by atoms with van der Waals surface area (Å²) >= 11 is 1.31. The number of furan rings is 1. The summed E-state index contributed by atoms with van der Waals surface area (Å²) < 4.78 is 5.74. The third-order valence-corrected chi connectivity index (χ3v) is 4.89. The first-order valence-electron chi connectivity index (χ1n) is 8.82. The number of benzene rings is 2. The summed E-state index contributed by atoms with van der Waals surface area (Å²) in [4.78, 5) is 16.9. The van der Waals surface area contributed by atoms with Crippen molar-refractivity contribution < 1.29 is 9.21 Å². The minimum atomic E-state index is -0.529. The highest BCUT2D eigenvalue weighted by Crippen LogP contribution is 2.26. The number of hydrogen-bond donors (Lipinski definition) is 1. The van der Waals surface area contributed by atoms with Gasteiger partial charge in [0.15, 0.2) is 5.13 Å². The smallest absolute Gasteiger partial charge is 0.268 e. The van der Waals surface area contributed by atoms with E-state index in [2.05, 4.69) is 10.3 Å². The molecule has 0 aliphatic rings. The van der Waals surface area contributed by atoms with Gasteiger partial charge in [-0.25, -0.2) is 4.98 Å². The second-order valence-corrected chi connectivity index (χ2v) is 6.95. The molecule has 0 saturated carbocycles. The summed E-state index contributed by atoms with van der Waals surface area (Å²) in [5.41, 5.74) is 2.60. The van der Waals surface area contributed by atoms with Crippen LogP contribution in [0, 0.1) is 11.3 Å². The Bertz CT molecular complexity index is 1200. The third kappa shape index (κ3) is 4.32. The fourth-order valence-electron chi connectivity index (χ4n) is 2.72. The van der Waals surface area contributed by atoms with E-state index >= 15 is 0 Å². The molecule has 0 spiro atoms. The quantitative estimate of drug-likeness (QED) is 0.350. The normalized spacial score (nSPS) is 11.1. The van der Waals surface area contributed by atoms with Crippen molar-refractivity contribution in [1.29, 1.82) is 5.26 Å². The summed E-state index contributed by atoms with van der Waals surface area (Å²) in [6.07, 6.45) is 1.42. The lowest BCUT2D eigenvalue weighted by Crippen LogP contribution is -2.13. The van der Waals surface area contributed by atoms with Crippen LogP contribution in [0.15, 0.2) is 88.2 Å². The topological polar surface area (TPSA) is 78.9 Å². The zero-order valence-corrected chi connectivity index (χ0v) is 16.0. The Morgan fingerprint density at radius 2 is 1.69 bits per heavy atom. The number of carbonyl (C=O) groups is 1. The molecule has 0 bridgehead atoms. The van der Waals surface area contributed by atoms with Gasteiger partial charge in [0, 0.05) is 22.6 Å². The van der Waals surface area contributed by atoms with Gasteiger partial charge in [0.2, 0.25) is 0 Å². The maximum atomic E-state index is 12.5. The highest BCUT2D eigenvalue weighted by Gasteiger charge is 2.14. The van der Waals surface area contributed by atoms with Crippen molar-refractivity contribution in [2.75, 3.05) is 5.32 Å². The van der Waals surface area contributed by atoms with Crippen LogP contribution in [0.25, 0.3) is 28.7 Å². The number of anilines is 1. The Hall–Kier alpha value is -3.95. The van der Waals surface area contributed by atoms with Gasteiger partial charge in [-0.1, -0.05) is 60.7 Å². The van der Waals surface area contributed by atoms with E-state index in [1.807, 2.05) is 72.1 Å². The first-order valence-corrected chi connectivity index (χ1v) is 9.70. The molecule has 29 heavy (non-hydrogen) atoms. The molecule has 4 rings (SSSR count). The predicted molar refractivity (Wildman–Crippen MR) is 114 cm³/mol. The lowest BCUT2D eigenvalue weighted by Gasteiger charge is -2.00. The number of nitriles is 1. The summed E-state index contributed by atoms with van der Waals surface area (Å²) in [6, 6.07) is 24.7. The molecule has 2 heterocycles. The van der Waals surface area contributed by atoms with E-state index in [-0.39, 0.29) is 5.57 Å². The van der Waals surface area contributed by atoms with Crippen LogP contribution in [-0.2, 0) is 4.79 Å². The van der Waals surface area contributed by atoms with Crippen LogP contribution in [-0.4, -0.2) is 10.9 Å². The van der Waals surface area contributed by atoms with Gasteiger partial charge in [0.05, 0.1) is 5.69 Å². The second-order valence-electron chi connectivity index (χ2n) is 6.10. The molecule has 0 aliphatic heterocycles. The van der Waals surface area contributed by atoms with Crippen LogP contribution in [0.1, 0.15) is 5.76 Å². The van der Waals surface area contributed by atoms with Gasteiger partial charge in [-0.2, -0.15) is 5.26 Å². The SMILES string of the molecule is N#C/C(=C/c1ccc(-c2ccccc2)o1)C(=O)Nc1nc(-c2ccccc2)cs1. The van der Waals surface area contributed by atoms with Crippen LogP contribution >= 0.6 is 11.3 Å². The molecule has 0 atom stereocenters. The van der Waals surface area contributed by atoms with Crippen molar-refractivity contribution in [2.45, 2.75) is 0 Å². The number of aromatic nitrogens is 1. The average molecular weight is 397 g/mol. The van der Waals surface area contributed by atoms with Crippen molar-refractivity contribution in [3.63, 3.8) is 0 Å². The largest absolute Gasteiger partial charge is 0.457 e. The van der Waals surface area contributed by atoms with Gasteiger partial charge in [0.25, 0.3) is 5.91 Å². The van der Waals surface area contributed by atoms with Crippen molar-refractivity contribution in [3.05, 3.63) is 89.5 Å². The van der Waals surface area contributed by atoms with Gasteiger partial charge in [-0.3, -0.25) is 10.1 Å². The van der Waals surface area contributed by atoms with Crippen molar-refractivity contribution in [1.82, 2.24) is 4.98 Å². The molecule has 1 N–H and O–H groups in total. The minimum absolute atomic E-state index is 0.0598. The van der Waals surface area contributed by atoms with E-state index in [1.54, 1.807) is 12.1 Å². The maximum Gasteiger partial charge on any atom is 0.268 e. The van der Waals surface area contributed by atoms with E-state index in [4.69, 9.17) is 4.42 Å². The molecule has 140 valence electrons. The zero-order chi connectivity index (χ0) is 20.1. The van der Waals surface area contributed by atoms with Crippen molar-refractivity contribution in [3.8, 4) is 28.7 Å². The van der Waals surface area contributed by atoms with Crippen LogP contribution in [0.2, 0.25) is 0 Å². The lowest BCUT2D eigenvalue weighted by atomic mass is 10.2. The lowest BCUT2D eigenvalue weighted by molar-refractivity contribution is -0.112. The van der Waals surface area contributed by atoms with Crippen LogP contribution in [0.3, 0.4) is 0 Å². The first kappa shape index (κ1) is 18.4. The van der Waals surface area contributed by atoms with Crippen LogP contribution < -0.4 is 5.32 Å². The van der Waals surface area contributed by atoms with E-state index < -0.39 is 5.91 Å². The third-order valence-electron chi connectivity index (χ3n) is 4.13.